The summed E-state index contributed by atoms with van der Waals surface area (Å²) in [6.07, 6.45) is 3.53. The minimum Gasteiger partial charge on any atom is -0.467 e. The maximum atomic E-state index is 11.9. The maximum Gasteiger partial charge on any atom is 0.226 e. The zero-order valence-corrected chi connectivity index (χ0v) is 12.5. The molecule has 0 aliphatic carbocycles. The topological polar surface area (TPSA) is 80.0 Å². The van der Waals surface area contributed by atoms with E-state index < -0.39 is 0 Å². The van der Waals surface area contributed by atoms with Crippen LogP contribution in [0.4, 0.5) is 10.9 Å². The molecule has 112 valence electrons. The largest absolute Gasteiger partial charge is 0.467 e. The van der Waals surface area contributed by atoms with E-state index in [1.165, 1.54) is 11.3 Å². The van der Waals surface area contributed by atoms with Gasteiger partial charge in [-0.1, -0.05) is 6.07 Å². The van der Waals surface area contributed by atoms with Crippen molar-refractivity contribution in [1.82, 2.24) is 15.3 Å². The number of carbonyl (C=O) groups excluding carboxylic acids is 1. The van der Waals surface area contributed by atoms with Crippen molar-refractivity contribution in [2.75, 3.05) is 5.32 Å². The SMILES string of the molecule is O=C(Cc1csc(Nc2ccccn2)n1)NCc1ccco1. The van der Waals surface area contributed by atoms with Crippen LogP contribution in [0.25, 0.3) is 0 Å². The number of anilines is 2. The second-order valence-corrected chi connectivity index (χ2v) is 5.37. The van der Waals surface area contributed by atoms with Crippen molar-refractivity contribution in [1.29, 1.82) is 0 Å². The highest BCUT2D eigenvalue weighted by molar-refractivity contribution is 7.13. The predicted molar refractivity (Wildman–Crippen MR) is 83.9 cm³/mol. The summed E-state index contributed by atoms with van der Waals surface area (Å²) >= 11 is 1.44. The molecule has 22 heavy (non-hydrogen) atoms. The van der Waals surface area contributed by atoms with E-state index in [9.17, 15) is 4.79 Å². The second-order valence-electron chi connectivity index (χ2n) is 4.52. The van der Waals surface area contributed by atoms with Crippen LogP contribution in [0, 0.1) is 0 Å². The van der Waals surface area contributed by atoms with Crippen LogP contribution in [0.1, 0.15) is 11.5 Å². The quantitative estimate of drug-likeness (QED) is 0.731. The number of nitrogens with zero attached hydrogens (tertiary/aromatic N) is 2. The van der Waals surface area contributed by atoms with E-state index in [1.807, 2.05) is 29.6 Å². The number of pyridine rings is 1. The monoisotopic (exact) mass is 314 g/mol. The summed E-state index contributed by atoms with van der Waals surface area (Å²) in [5.74, 6) is 1.36. The normalized spacial score (nSPS) is 10.4. The number of aromatic nitrogens is 2. The highest BCUT2D eigenvalue weighted by Gasteiger charge is 2.08. The number of thiazole rings is 1. The number of hydrogen-bond acceptors (Lipinski definition) is 6. The Kier molecular flexibility index (Phi) is 4.45. The van der Waals surface area contributed by atoms with Gasteiger partial charge in [-0.2, -0.15) is 0 Å². The molecule has 3 rings (SSSR count). The van der Waals surface area contributed by atoms with E-state index >= 15 is 0 Å². The number of rotatable bonds is 6. The summed E-state index contributed by atoms with van der Waals surface area (Å²) in [6.45, 7) is 0.384. The molecule has 6 nitrogen and oxygen atoms in total. The fraction of sp³-hybridized carbons (Fsp3) is 0.133. The first-order valence-corrected chi connectivity index (χ1v) is 7.59. The van der Waals surface area contributed by atoms with Crippen molar-refractivity contribution in [3.05, 3.63) is 59.6 Å². The summed E-state index contributed by atoms with van der Waals surface area (Å²) in [4.78, 5) is 20.4. The van der Waals surface area contributed by atoms with Gasteiger partial charge in [-0.15, -0.1) is 11.3 Å². The van der Waals surface area contributed by atoms with Crippen LogP contribution in [0.5, 0.6) is 0 Å². The van der Waals surface area contributed by atoms with E-state index in [2.05, 4.69) is 20.6 Å². The van der Waals surface area contributed by atoms with Gasteiger partial charge < -0.3 is 15.1 Å². The van der Waals surface area contributed by atoms with E-state index in [-0.39, 0.29) is 12.3 Å². The Labute approximate surface area is 131 Å². The molecule has 0 bridgehead atoms. The van der Waals surface area contributed by atoms with Gasteiger partial charge >= 0.3 is 0 Å². The molecule has 0 unspecified atom stereocenters. The van der Waals surface area contributed by atoms with Crippen molar-refractivity contribution >= 4 is 28.2 Å². The summed E-state index contributed by atoms with van der Waals surface area (Å²) in [5, 5.41) is 8.47. The summed E-state index contributed by atoms with van der Waals surface area (Å²) in [5.41, 5.74) is 0.723. The van der Waals surface area contributed by atoms with Crippen LogP contribution in [-0.2, 0) is 17.8 Å². The second kappa shape index (κ2) is 6.86. The van der Waals surface area contributed by atoms with Crippen LogP contribution in [0.2, 0.25) is 0 Å². The lowest BCUT2D eigenvalue weighted by Crippen LogP contribution is -2.24. The minimum atomic E-state index is -0.0916. The zero-order chi connectivity index (χ0) is 15.2. The van der Waals surface area contributed by atoms with E-state index in [1.54, 1.807) is 18.5 Å². The third-order valence-corrected chi connectivity index (χ3v) is 3.64. The molecule has 0 spiro atoms. The average Bonchev–Trinajstić information content (AvgIpc) is 3.18. The molecule has 0 aliphatic heterocycles. The van der Waals surface area contributed by atoms with Crippen LogP contribution in [0.3, 0.4) is 0 Å². The van der Waals surface area contributed by atoms with Gasteiger partial charge in [0.2, 0.25) is 5.91 Å². The minimum absolute atomic E-state index is 0.0916. The molecule has 0 saturated carbocycles. The highest BCUT2D eigenvalue weighted by Crippen LogP contribution is 2.19. The maximum absolute atomic E-state index is 11.9. The average molecular weight is 314 g/mol. The van der Waals surface area contributed by atoms with Crippen LogP contribution in [-0.4, -0.2) is 15.9 Å². The van der Waals surface area contributed by atoms with Crippen molar-refractivity contribution in [2.45, 2.75) is 13.0 Å². The summed E-state index contributed by atoms with van der Waals surface area (Å²) < 4.78 is 5.16. The molecule has 0 saturated heterocycles. The third kappa shape index (κ3) is 3.92. The van der Waals surface area contributed by atoms with Crippen LogP contribution >= 0.6 is 11.3 Å². The molecule has 3 heterocycles. The Balaban J connectivity index is 1.51. The fourth-order valence-electron chi connectivity index (χ4n) is 1.82. The first-order valence-electron chi connectivity index (χ1n) is 6.71. The molecule has 7 heteroatoms. The molecule has 0 aromatic carbocycles. The van der Waals surface area contributed by atoms with Crippen molar-refractivity contribution in [3.8, 4) is 0 Å². The fourth-order valence-corrected chi connectivity index (χ4v) is 2.53. The Morgan fingerprint density at radius 1 is 1.27 bits per heavy atom. The third-order valence-electron chi connectivity index (χ3n) is 2.83. The van der Waals surface area contributed by atoms with Crippen molar-refractivity contribution in [2.24, 2.45) is 0 Å². The molecule has 0 atom stereocenters. The van der Waals surface area contributed by atoms with E-state index in [0.717, 1.165) is 17.3 Å². The molecule has 1 amide bonds. The van der Waals surface area contributed by atoms with Gasteiger partial charge in [-0.25, -0.2) is 9.97 Å². The molecule has 2 N–H and O–H groups in total. The Morgan fingerprint density at radius 3 is 3.00 bits per heavy atom. The molecule has 3 aromatic rings. The van der Waals surface area contributed by atoms with Crippen LogP contribution < -0.4 is 10.6 Å². The first kappa shape index (κ1) is 14.3. The van der Waals surface area contributed by atoms with Gasteiger partial charge in [0.05, 0.1) is 24.9 Å². The van der Waals surface area contributed by atoms with Gasteiger partial charge in [0.25, 0.3) is 0 Å². The molecule has 0 fully saturated rings. The van der Waals surface area contributed by atoms with Crippen LogP contribution in [0.15, 0.2) is 52.6 Å². The zero-order valence-electron chi connectivity index (χ0n) is 11.7. The molecule has 0 aliphatic rings. The number of carbonyl (C=O) groups is 1. The summed E-state index contributed by atoms with van der Waals surface area (Å²) in [6, 6.07) is 9.21. The lowest BCUT2D eigenvalue weighted by Gasteiger charge is -2.01. The molecule has 0 radical (unpaired) electrons. The Morgan fingerprint density at radius 2 is 2.23 bits per heavy atom. The molecular formula is C15H14N4O2S. The number of amides is 1. The van der Waals surface area contributed by atoms with Crippen molar-refractivity contribution in [3.63, 3.8) is 0 Å². The van der Waals surface area contributed by atoms with Gasteiger partial charge in [0.1, 0.15) is 11.6 Å². The number of nitrogens with one attached hydrogen (secondary N) is 2. The first-order chi connectivity index (χ1) is 10.8. The number of hydrogen-bond donors (Lipinski definition) is 2. The molecular weight excluding hydrogens is 300 g/mol. The van der Waals surface area contributed by atoms with Gasteiger partial charge in [0.15, 0.2) is 5.13 Å². The lowest BCUT2D eigenvalue weighted by molar-refractivity contribution is -0.120. The van der Waals surface area contributed by atoms with Gasteiger partial charge in [-0.3, -0.25) is 4.79 Å². The Hall–Kier alpha value is -2.67. The van der Waals surface area contributed by atoms with E-state index in [0.29, 0.717) is 11.7 Å². The van der Waals surface area contributed by atoms with Gasteiger partial charge in [-0.05, 0) is 24.3 Å². The van der Waals surface area contributed by atoms with E-state index in [4.69, 9.17) is 4.42 Å². The summed E-state index contributed by atoms with van der Waals surface area (Å²) in [7, 11) is 0. The predicted octanol–water partition coefficient (Wildman–Crippen LogP) is 2.73. The Bertz CT molecular complexity index is 725. The standard InChI is InChI=1S/C15H14N4O2S/c20-14(17-9-12-4-3-7-21-12)8-11-10-22-15(18-11)19-13-5-1-2-6-16-13/h1-7,10H,8-9H2,(H,17,20)(H,16,18,19). The van der Waals surface area contributed by atoms with Crippen molar-refractivity contribution < 1.29 is 9.21 Å². The molecule has 3 aromatic heterocycles. The lowest BCUT2D eigenvalue weighted by atomic mass is 10.3. The van der Waals surface area contributed by atoms with Gasteiger partial charge in [0, 0.05) is 11.6 Å². The smallest absolute Gasteiger partial charge is 0.226 e. The highest BCUT2D eigenvalue weighted by atomic mass is 32.1. The number of furan rings is 1.